The molecule has 1 amide bonds. The van der Waals surface area contributed by atoms with Crippen LogP contribution < -0.4 is 14.5 Å². The maximum Gasteiger partial charge on any atom is 0.318 e. The molecule has 0 bridgehead atoms. The summed E-state index contributed by atoms with van der Waals surface area (Å²) in [6.45, 7) is 17.8. The molecule has 0 unspecified atom stereocenters. The number of hydrogen-bond acceptors (Lipinski definition) is 7. The van der Waals surface area contributed by atoms with Gasteiger partial charge in [-0.05, 0) is 57.3 Å². The van der Waals surface area contributed by atoms with Crippen LogP contribution in [-0.4, -0.2) is 90.2 Å². The molecule has 9 heteroatoms. The van der Waals surface area contributed by atoms with Crippen LogP contribution in [0.15, 0.2) is 55.1 Å². The second-order valence-corrected chi connectivity index (χ2v) is 11.7. The number of fused-ring (bicyclic) bond motifs is 2. The second kappa shape index (κ2) is 12.0. The fourth-order valence-electron chi connectivity index (χ4n) is 6.72. The Morgan fingerprint density at radius 3 is 2.76 bits per heavy atom. The molecule has 2 saturated heterocycles. The minimum absolute atomic E-state index is 0.0137. The lowest BCUT2D eigenvalue weighted by atomic mass is 10.00. The van der Waals surface area contributed by atoms with Crippen LogP contribution in [0.4, 0.5) is 11.5 Å². The number of aromatic nitrogens is 2. The summed E-state index contributed by atoms with van der Waals surface area (Å²) in [5.41, 5.74) is 3.32. The fraction of sp³-hybridized carbons (Fsp3) is 0.455. The van der Waals surface area contributed by atoms with Gasteiger partial charge >= 0.3 is 6.01 Å². The Morgan fingerprint density at radius 2 is 1.98 bits per heavy atom. The summed E-state index contributed by atoms with van der Waals surface area (Å²) in [6.07, 6.45) is 4.43. The Hall–Kier alpha value is -4.16. The number of benzene rings is 2. The lowest BCUT2D eigenvalue weighted by molar-refractivity contribution is -0.128. The SMILES string of the molecule is [C-]#[N+]C[C@H]1CN(c2nc(OC[C@@H]3CCCN3C)nc3c2CCN(c2cccc4ccccc24)C3)[C@@H](C)CN1C(=O)C=C. The summed E-state index contributed by atoms with van der Waals surface area (Å²) < 4.78 is 6.32. The van der Waals surface area contributed by atoms with Gasteiger partial charge in [-0.2, -0.15) is 9.97 Å². The average molecular weight is 566 g/mol. The quantitative estimate of drug-likeness (QED) is 0.315. The van der Waals surface area contributed by atoms with Crippen molar-refractivity contribution in [2.24, 2.45) is 0 Å². The summed E-state index contributed by atoms with van der Waals surface area (Å²) in [4.78, 5) is 35.2. The summed E-state index contributed by atoms with van der Waals surface area (Å²) in [5, 5.41) is 2.46. The van der Waals surface area contributed by atoms with Gasteiger partial charge in [0.15, 0.2) is 0 Å². The molecule has 0 radical (unpaired) electrons. The number of amides is 1. The summed E-state index contributed by atoms with van der Waals surface area (Å²) in [5.74, 6) is 0.746. The molecule has 0 N–H and O–H groups in total. The van der Waals surface area contributed by atoms with E-state index in [0.29, 0.717) is 38.3 Å². The zero-order valence-electron chi connectivity index (χ0n) is 24.6. The molecule has 3 aliphatic rings. The van der Waals surface area contributed by atoms with Crippen molar-refractivity contribution in [2.45, 2.75) is 50.9 Å². The highest BCUT2D eigenvalue weighted by molar-refractivity contribution is 5.94. The van der Waals surface area contributed by atoms with Gasteiger partial charge in [0, 0.05) is 48.4 Å². The number of anilines is 2. The van der Waals surface area contributed by atoms with Gasteiger partial charge in [-0.15, -0.1) is 0 Å². The number of likely N-dealkylation sites (N-methyl/N-ethyl adjacent to an activating group) is 1. The van der Waals surface area contributed by atoms with Crippen molar-refractivity contribution in [1.82, 2.24) is 19.8 Å². The number of likely N-dealkylation sites (tertiary alicyclic amines) is 1. The van der Waals surface area contributed by atoms with Crippen LogP contribution >= 0.6 is 0 Å². The van der Waals surface area contributed by atoms with Crippen LogP contribution in [0.5, 0.6) is 6.01 Å². The molecule has 0 saturated carbocycles. The molecule has 6 rings (SSSR count). The number of nitrogens with zero attached hydrogens (tertiary/aromatic N) is 7. The molecule has 3 atom stereocenters. The number of piperazine rings is 1. The Bertz CT molecular complexity index is 1510. The first kappa shape index (κ1) is 28.0. The lowest BCUT2D eigenvalue weighted by Gasteiger charge is -2.45. The monoisotopic (exact) mass is 565 g/mol. The Morgan fingerprint density at radius 1 is 1.14 bits per heavy atom. The predicted octanol–water partition coefficient (Wildman–Crippen LogP) is 4.18. The van der Waals surface area contributed by atoms with Gasteiger partial charge in [-0.1, -0.05) is 43.0 Å². The third-order valence-electron chi connectivity index (χ3n) is 9.08. The average Bonchev–Trinajstić information content (AvgIpc) is 3.43. The van der Waals surface area contributed by atoms with Crippen molar-refractivity contribution in [3.05, 3.63) is 77.8 Å². The number of hydrogen-bond donors (Lipinski definition) is 0. The molecule has 0 spiro atoms. The van der Waals surface area contributed by atoms with Crippen molar-refractivity contribution in [3.8, 4) is 6.01 Å². The standard InChI is InChI=1S/C33H39N7O2/c1-5-31(41)40-19-23(2)39(20-26(40)18-34-3)32-28-15-17-38(30-14-8-11-24-10-6-7-13-27(24)30)21-29(28)35-33(36-32)42-22-25-12-9-16-37(25)4/h5-8,10-11,13-14,23,25-26H,1,9,12,15-22H2,2,4H3/t23-,25-,26-/m0/s1. The number of rotatable bonds is 7. The fourth-order valence-corrected chi connectivity index (χ4v) is 6.72. The minimum Gasteiger partial charge on any atom is -0.462 e. The van der Waals surface area contributed by atoms with Crippen molar-refractivity contribution in [3.63, 3.8) is 0 Å². The molecule has 2 fully saturated rings. The molecule has 218 valence electrons. The van der Waals surface area contributed by atoms with Crippen LogP contribution in [0.1, 0.15) is 31.0 Å². The Labute approximate surface area is 248 Å². The molecule has 1 aromatic heterocycles. The first-order valence-corrected chi connectivity index (χ1v) is 14.9. The smallest absolute Gasteiger partial charge is 0.318 e. The van der Waals surface area contributed by atoms with Crippen molar-refractivity contribution < 1.29 is 9.53 Å². The number of ether oxygens (including phenoxy) is 1. The molecule has 2 aromatic carbocycles. The largest absolute Gasteiger partial charge is 0.462 e. The van der Waals surface area contributed by atoms with Gasteiger partial charge in [0.25, 0.3) is 0 Å². The number of carbonyl (C=O) groups is 1. The summed E-state index contributed by atoms with van der Waals surface area (Å²) in [7, 11) is 2.14. The van der Waals surface area contributed by atoms with E-state index < -0.39 is 0 Å². The van der Waals surface area contributed by atoms with Gasteiger partial charge in [0.2, 0.25) is 12.5 Å². The minimum atomic E-state index is -0.234. The predicted molar refractivity (Wildman–Crippen MR) is 166 cm³/mol. The normalized spacial score (nSPS) is 22.6. The van der Waals surface area contributed by atoms with Gasteiger partial charge in [-0.3, -0.25) is 4.79 Å². The maximum atomic E-state index is 12.7. The van der Waals surface area contributed by atoms with Gasteiger partial charge in [0.1, 0.15) is 18.5 Å². The Kier molecular flexibility index (Phi) is 7.98. The van der Waals surface area contributed by atoms with E-state index in [-0.39, 0.29) is 24.5 Å². The van der Waals surface area contributed by atoms with Gasteiger partial charge < -0.3 is 29.2 Å². The first-order valence-electron chi connectivity index (χ1n) is 14.9. The molecule has 9 nitrogen and oxygen atoms in total. The van der Waals surface area contributed by atoms with Gasteiger partial charge in [-0.25, -0.2) is 6.57 Å². The molecular formula is C33H39N7O2. The molecule has 3 aliphatic heterocycles. The maximum absolute atomic E-state index is 12.7. The van der Waals surface area contributed by atoms with Crippen LogP contribution in [0, 0.1) is 6.57 Å². The zero-order valence-corrected chi connectivity index (χ0v) is 24.6. The van der Waals surface area contributed by atoms with Gasteiger partial charge in [0.05, 0.1) is 12.2 Å². The molecule has 42 heavy (non-hydrogen) atoms. The number of carbonyl (C=O) groups excluding carboxylic acids is 1. The molecule has 0 aliphatic carbocycles. The molecular weight excluding hydrogens is 526 g/mol. The highest BCUT2D eigenvalue weighted by Gasteiger charge is 2.38. The van der Waals surface area contributed by atoms with E-state index in [1.54, 1.807) is 4.90 Å². The highest BCUT2D eigenvalue weighted by atomic mass is 16.5. The zero-order chi connectivity index (χ0) is 29.2. The van der Waals surface area contributed by atoms with Crippen molar-refractivity contribution >= 4 is 28.2 Å². The van der Waals surface area contributed by atoms with Crippen LogP contribution in [0.2, 0.25) is 0 Å². The van der Waals surface area contributed by atoms with E-state index in [9.17, 15) is 4.79 Å². The molecule has 4 heterocycles. The van der Waals surface area contributed by atoms with Crippen LogP contribution in [0.3, 0.4) is 0 Å². The Balaban J connectivity index is 1.35. The van der Waals surface area contributed by atoms with Crippen LogP contribution in [0.25, 0.3) is 15.6 Å². The van der Waals surface area contributed by atoms with E-state index in [1.807, 2.05) is 0 Å². The van der Waals surface area contributed by atoms with E-state index in [0.717, 1.165) is 43.0 Å². The molecule has 3 aromatic rings. The first-order chi connectivity index (χ1) is 20.5. The van der Waals surface area contributed by atoms with Crippen molar-refractivity contribution in [1.29, 1.82) is 0 Å². The highest BCUT2D eigenvalue weighted by Crippen LogP contribution is 2.35. The van der Waals surface area contributed by atoms with E-state index in [2.05, 4.69) is 82.6 Å². The topological polar surface area (TPSA) is 69.4 Å². The van der Waals surface area contributed by atoms with Crippen molar-refractivity contribution in [2.75, 3.05) is 56.2 Å². The van der Waals surface area contributed by atoms with E-state index in [1.165, 1.54) is 29.0 Å². The lowest BCUT2D eigenvalue weighted by Crippen LogP contribution is -2.60. The van der Waals surface area contributed by atoms with E-state index in [4.69, 9.17) is 21.3 Å². The van der Waals surface area contributed by atoms with E-state index >= 15 is 0 Å². The third kappa shape index (κ3) is 5.39. The van der Waals surface area contributed by atoms with Crippen LogP contribution in [-0.2, 0) is 17.8 Å². The third-order valence-corrected chi connectivity index (χ3v) is 9.08. The summed E-state index contributed by atoms with van der Waals surface area (Å²) in [6, 6.07) is 15.5. The summed E-state index contributed by atoms with van der Waals surface area (Å²) >= 11 is 0. The second-order valence-electron chi connectivity index (χ2n) is 11.7.